The van der Waals surface area contributed by atoms with Crippen molar-refractivity contribution in [2.75, 3.05) is 32.8 Å². The second-order valence-corrected chi connectivity index (χ2v) is 7.47. The first-order valence-corrected chi connectivity index (χ1v) is 8.20. The van der Waals surface area contributed by atoms with Crippen LogP contribution >= 0.6 is 0 Å². The molecule has 4 nitrogen and oxygen atoms in total. The van der Waals surface area contributed by atoms with Gasteiger partial charge in [-0.3, -0.25) is 4.90 Å². The summed E-state index contributed by atoms with van der Waals surface area (Å²) < 4.78 is 5.91. The van der Waals surface area contributed by atoms with E-state index >= 15 is 0 Å². The standard InChI is InChI=1S/C16H32N2O2/c1-15(2)12-18(9-14(10-19)20-15)13-16(11-17)7-5-3-4-6-8-16/h14,19H,3-13,17H2,1-2H3. The fourth-order valence-corrected chi connectivity index (χ4v) is 4.01. The Morgan fingerprint density at radius 2 is 1.85 bits per heavy atom. The molecule has 3 N–H and O–H groups in total. The highest BCUT2D eigenvalue weighted by Gasteiger charge is 2.38. The van der Waals surface area contributed by atoms with Crippen molar-refractivity contribution in [3.63, 3.8) is 0 Å². The van der Waals surface area contributed by atoms with Crippen LogP contribution in [0.25, 0.3) is 0 Å². The van der Waals surface area contributed by atoms with E-state index in [2.05, 4.69) is 18.7 Å². The Labute approximate surface area is 123 Å². The normalized spacial score (nSPS) is 30.9. The van der Waals surface area contributed by atoms with Crippen molar-refractivity contribution in [2.45, 2.75) is 64.1 Å². The maximum atomic E-state index is 9.44. The quantitative estimate of drug-likeness (QED) is 0.772. The number of aliphatic hydroxyl groups is 1. The summed E-state index contributed by atoms with van der Waals surface area (Å²) in [4.78, 5) is 2.47. The number of morpholine rings is 1. The number of nitrogens with zero attached hydrogens (tertiary/aromatic N) is 1. The van der Waals surface area contributed by atoms with Crippen LogP contribution in [-0.4, -0.2) is 54.5 Å². The minimum Gasteiger partial charge on any atom is -0.394 e. The van der Waals surface area contributed by atoms with E-state index in [0.717, 1.165) is 26.2 Å². The Balaban J connectivity index is 2.02. The van der Waals surface area contributed by atoms with Gasteiger partial charge in [-0.05, 0) is 38.6 Å². The SMILES string of the molecule is CC1(C)CN(CC2(CN)CCCCCC2)CC(CO)O1. The summed E-state index contributed by atoms with van der Waals surface area (Å²) >= 11 is 0. The van der Waals surface area contributed by atoms with Gasteiger partial charge in [0.05, 0.1) is 18.3 Å². The lowest BCUT2D eigenvalue weighted by Crippen LogP contribution is -2.56. The molecule has 2 aliphatic rings. The molecule has 1 atom stereocenters. The van der Waals surface area contributed by atoms with Gasteiger partial charge in [0.1, 0.15) is 0 Å². The van der Waals surface area contributed by atoms with Crippen molar-refractivity contribution in [3.8, 4) is 0 Å². The van der Waals surface area contributed by atoms with E-state index in [0.29, 0.717) is 0 Å². The molecule has 0 aromatic carbocycles. The molecule has 2 fully saturated rings. The lowest BCUT2D eigenvalue weighted by Gasteiger charge is -2.46. The second kappa shape index (κ2) is 6.73. The van der Waals surface area contributed by atoms with E-state index in [4.69, 9.17) is 10.5 Å². The zero-order chi connectivity index (χ0) is 14.6. The molecule has 0 spiro atoms. The highest BCUT2D eigenvalue weighted by Crippen LogP contribution is 2.36. The predicted octanol–water partition coefficient (Wildman–Crippen LogP) is 1.76. The maximum absolute atomic E-state index is 9.44. The number of aliphatic hydroxyl groups excluding tert-OH is 1. The number of ether oxygens (including phenoxy) is 1. The molecule has 1 heterocycles. The molecule has 2 rings (SSSR count). The molecule has 1 saturated heterocycles. The van der Waals surface area contributed by atoms with Gasteiger partial charge in [0.25, 0.3) is 0 Å². The summed E-state index contributed by atoms with van der Waals surface area (Å²) in [6, 6.07) is 0. The summed E-state index contributed by atoms with van der Waals surface area (Å²) in [5, 5.41) is 9.44. The van der Waals surface area contributed by atoms with Gasteiger partial charge in [-0.2, -0.15) is 0 Å². The molecule has 1 saturated carbocycles. The molecular weight excluding hydrogens is 252 g/mol. The highest BCUT2D eigenvalue weighted by atomic mass is 16.5. The van der Waals surface area contributed by atoms with Crippen LogP contribution < -0.4 is 5.73 Å². The van der Waals surface area contributed by atoms with E-state index in [1.165, 1.54) is 38.5 Å². The van der Waals surface area contributed by atoms with Crippen LogP contribution in [-0.2, 0) is 4.74 Å². The lowest BCUT2D eigenvalue weighted by molar-refractivity contribution is -0.154. The van der Waals surface area contributed by atoms with E-state index in [1.54, 1.807) is 0 Å². The summed E-state index contributed by atoms with van der Waals surface area (Å²) in [6.45, 7) is 7.96. The van der Waals surface area contributed by atoms with Crippen molar-refractivity contribution in [1.29, 1.82) is 0 Å². The van der Waals surface area contributed by atoms with E-state index in [1.807, 2.05) is 0 Å². The second-order valence-electron chi connectivity index (χ2n) is 7.47. The molecule has 0 radical (unpaired) electrons. The predicted molar refractivity (Wildman–Crippen MR) is 81.7 cm³/mol. The van der Waals surface area contributed by atoms with Crippen molar-refractivity contribution in [1.82, 2.24) is 4.90 Å². The van der Waals surface area contributed by atoms with Crippen LogP contribution in [0.15, 0.2) is 0 Å². The van der Waals surface area contributed by atoms with Crippen molar-refractivity contribution >= 4 is 0 Å². The fourth-order valence-electron chi connectivity index (χ4n) is 4.01. The van der Waals surface area contributed by atoms with E-state index < -0.39 is 0 Å². The van der Waals surface area contributed by atoms with Gasteiger partial charge in [-0.1, -0.05) is 25.7 Å². The molecule has 1 aliphatic carbocycles. The Bertz CT molecular complexity index is 299. The first-order chi connectivity index (χ1) is 9.49. The van der Waals surface area contributed by atoms with Gasteiger partial charge < -0.3 is 15.6 Å². The Hall–Kier alpha value is -0.160. The molecule has 1 aliphatic heterocycles. The highest BCUT2D eigenvalue weighted by molar-refractivity contribution is 4.91. The average molecular weight is 284 g/mol. The maximum Gasteiger partial charge on any atom is 0.0940 e. The Morgan fingerprint density at radius 1 is 1.20 bits per heavy atom. The molecule has 0 amide bonds. The first-order valence-electron chi connectivity index (χ1n) is 8.20. The topological polar surface area (TPSA) is 58.7 Å². The van der Waals surface area contributed by atoms with Crippen LogP contribution in [0.1, 0.15) is 52.4 Å². The van der Waals surface area contributed by atoms with Crippen LogP contribution in [0.4, 0.5) is 0 Å². The summed E-state index contributed by atoms with van der Waals surface area (Å²) in [5.41, 5.74) is 6.26. The van der Waals surface area contributed by atoms with Crippen LogP contribution in [0.2, 0.25) is 0 Å². The minimum absolute atomic E-state index is 0.0562. The van der Waals surface area contributed by atoms with Crippen molar-refractivity contribution in [2.24, 2.45) is 11.1 Å². The van der Waals surface area contributed by atoms with E-state index in [9.17, 15) is 5.11 Å². The Morgan fingerprint density at radius 3 is 2.40 bits per heavy atom. The summed E-state index contributed by atoms with van der Waals surface area (Å²) in [5.74, 6) is 0. The van der Waals surface area contributed by atoms with Crippen LogP contribution in [0.3, 0.4) is 0 Å². The molecule has 118 valence electrons. The molecule has 4 heteroatoms. The third-order valence-electron chi connectivity index (χ3n) is 4.91. The van der Waals surface area contributed by atoms with E-state index in [-0.39, 0.29) is 23.7 Å². The van der Waals surface area contributed by atoms with Gasteiger partial charge >= 0.3 is 0 Å². The molecule has 0 aromatic rings. The first kappa shape index (κ1) is 16.2. The Kier molecular flexibility index (Phi) is 5.46. The third kappa shape index (κ3) is 4.17. The number of hydrogen-bond donors (Lipinski definition) is 2. The largest absolute Gasteiger partial charge is 0.394 e. The van der Waals surface area contributed by atoms with Crippen molar-refractivity contribution in [3.05, 3.63) is 0 Å². The van der Waals surface area contributed by atoms with Gasteiger partial charge in [0, 0.05) is 19.6 Å². The van der Waals surface area contributed by atoms with Gasteiger partial charge in [-0.15, -0.1) is 0 Å². The molecule has 20 heavy (non-hydrogen) atoms. The number of rotatable bonds is 4. The van der Waals surface area contributed by atoms with Crippen LogP contribution in [0.5, 0.6) is 0 Å². The fraction of sp³-hybridized carbons (Fsp3) is 1.00. The smallest absolute Gasteiger partial charge is 0.0940 e. The number of nitrogens with two attached hydrogens (primary N) is 1. The molecule has 0 aromatic heterocycles. The van der Waals surface area contributed by atoms with Crippen molar-refractivity contribution < 1.29 is 9.84 Å². The summed E-state index contributed by atoms with van der Waals surface area (Å²) in [6.07, 6.45) is 7.80. The van der Waals surface area contributed by atoms with Gasteiger partial charge in [-0.25, -0.2) is 0 Å². The molecule has 0 bridgehead atoms. The zero-order valence-electron chi connectivity index (χ0n) is 13.2. The zero-order valence-corrected chi connectivity index (χ0v) is 13.2. The van der Waals surface area contributed by atoms with Gasteiger partial charge in [0.2, 0.25) is 0 Å². The monoisotopic (exact) mass is 284 g/mol. The third-order valence-corrected chi connectivity index (χ3v) is 4.91. The lowest BCUT2D eigenvalue weighted by atomic mass is 9.79. The average Bonchev–Trinajstić information content (AvgIpc) is 2.63. The molecule has 1 unspecified atom stereocenters. The van der Waals surface area contributed by atoms with Crippen LogP contribution in [0, 0.1) is 5.41 Å². The minimum atomic E-state index is -0.174. The van der Waals surface area contributed by atoms with Gasteiger partial charge in [0.15, 0.2) is 0 Å². The summed E-state index contributed by atoms with van der Waals surface area (Å²) in [7, 11) is 0. The number of hydrogen-bond acceptors (Lipinski definition) is 4. The molecular formula is C16H32N2O2.